The Bertz CT molecular complexity index is 1100. The molecule has 0 saturated heterocycles. The van der Waals surface area contributed by atoms with Crippen LogP contribution < -0.4 is 10.7 Å². The van der Waals surface area contributed by atoms with E-state index in [4.69, 9.17) is 4.74 Å². The van der Waals surface area contributed by atoms with Crippen LogP contribution in [0, 0.1) is 0 Å². The minimum Gasteiger partial charge on any atom is -0.383 e. The van der Waals surface area contributed by atoms with Gasteiger partial charge in [0.15, 0.2) is 0 Å². The van der Waals surface area contributed by atoms with Crippen molar-refractivity contribution in [2.24, 2.45) is 0 Å². The first kappa shape index (κ1) is 26.1. The van der Waals surface area contributed by atoms with E-state index in [9.17, 15) is 14.4 Å². The summed E-state index contributed by atoms with van der Waals surface area (Å²) in [6.45, 7) is 1.32. The second-order valence-corrected chi connectivity index (χ2v) is 10.4. The van der Waals surface area contributed by atoms with Gasteiger partial charge >= 0.3 is 0 Å². The van der Waals surface area contributed by atoms with Gasteiger partial charge < -0.3 is 19.5 Å². The third-order valence-corrected chi connectivity index (χ3v) is 8.08. The highest BCUT2D eigenvalue weighted by Gasteiger charge is 2.36. The van der Waals surface area contributed by atoms with Gasteiger partial charge in [0.1, 0.15) is 11.1 Å². The van der Waals surface area contributed by atoms with E-state index in [1.165, 1.54) is 12.0 Å². The predicted octanol–water partition coefficient (Wildman–Crippen LogP) is 4.14. The Morgan fingerprint density at radius 1 is 1.03 bits per heavy atom. The Hall–Kier alpha value is -2.93. The SMILES string of the molecule is COCCn1cc(C(=O)NCC2(c3ccccc3)CCCC2)c(=O)c(C(=O)N(C)C2CCCCC2)c1. The van der Waals surface area contributed by atoms with Crippen molar-refractivity contribution in [3.63, 3.8) is 0 Å². The summed E-state index contributed by atoms with van der Waals surface area (Å²) in [7, 11) is 3.37. The molecule has 2 aliphatic rings. The number of nitrogens with one attached hydrogen (secondary N) is 1. The fourth-order valence-electron chi connectivity index (χ4n) is 5.85. The summed E-state index contributed by atoms with van der Waals surface area (Å²) < 4.78 is 6.93. The average Bonchev–Trinajstić information content (AvgIpc) is 3.41. The smallest absolute Gasteiger partial charge is 0.259 e. The Morgan fingerprint density at radius 3 is 2.36 bits per heavy atom. The topological polar surface area (TPSA) is 80.6 Å². The van der Waals surface area contributed by atoms with Crippen LogP contribution in [0.2, 0.25) is 0 Å². The minimum atomic E-state index is -0.506. The predicted molar refractivity (Wildman–Crippen MR) is 140 cm³/mol. The summed E-state index contributed by atoms with van der Waals surface area (Å²) >= 11 is 0. The van der Waals surface area contributed by atoms with E-state index in [0.717, 1.165) is 51.4 Å². The molecule has 4 rings (SSSR count). The van der Waals surface area contributed by atoms with Crippen LogP contribution in [0.3, 0.4) is 0 Å². The summed E-state index contributed by atoms with van der Waals surface area (Å²) in [6.07, 6.45) is 12.6. The fraction of sp³-hybridized carbons (Fsp3) is 0.552. The molecule has 1 aromatic carbocycles. The molecule has 2 fully saturated rings. The maximum atomic E-state index is 13.5. The first-order valence-electron chi connectivity index (χ1n) is 13.3. The number of aromatic nitrogens is 1. The van der Waals surface area contributed by atoms with E-state index in [1.807, 2.05) is 18.2 Å². The third kappa shape index (κ3) is 5.72. The zero-order valence-electron chi connectivity index (χ0n) is 21.6. The number of carbonyl (C=O) groups is 2. The summed E-state index contributed by atoms with van der Waals surface area (Å²) in [5.74, 6) is -0.743. The largest absolute Gasteiger partial charge is 0.383 e. The molecule has 1 aromatic heterocycles. The first-order valence-corrected chi connectivity index (χ1v) is 13.3. The Kier molecular flexibility index (Phi) is 8.62. The van der Waals surface area contributed by atoms with Crippen molar-refractivity contribution in [3.8, 4) is 0 Å². The zero-order chi connectivity index (χ0) is 25.5. The number of benzene rings is 1. The number of pyridine rings is 1. The van der Waals surface area contributed by atoms with Gasteiger partial charge in [0.2, 0.25) is 5.43 Å². The summed E-state index contributed by atoms with van der Waals surface area (Å²) in [6, 6.07) is 10.4. The van der Waals surface area contributed by atoms with Crippen LogP contribution in [0.4, 0.5) is 0 Å². The molecule has 2 saturated carbocycles. The Balaban J connectivity index is 1.59. The lowest BCUT2D eigenvalue weighted by molar-refractivity contribution is 0.0693. The molecule has 1 N–H and O–H groups in total. The number of hydrogen-bond donors (Lipinski definition) is 1. The molecule has 194 valence electrons. The minimum absolute atomic E-state index is 0.00945. The standard InChI is InChI=1S/C29H39N3O4/c1-31(23-13-7-4-8-14-23)28(35)25-20-32(17-18-36-2)19-24(26(25)33)27(34)30-21-29(15-9-10-16-29)22-11-5-3-6-12-22/h3,5-6,11-12,19-20,23H,4,7-10,13-18,21H2,1-2H3,(H,30,34). The maximum Gasteiger partial charge on any atom is 0.259 e. The van der Waals surface area contributed by atoms with Crippen LogP contribution in [0.1, 0.15) is 84.1 Å². The third-order valence-electron chi connectivity index (χ3n) is 8.08. The van der Waals surface area contributed by atoms with E-state index in [1.54, 1.807) is 36.0 Å². The number of ether oxygens (including phenoxy) is 1. The van der Waals surface area contributed by atoms with Gasteiger partial charge in [0.05, 0.1) is 6.61 Å². The molecule has 0 spiro atoms. The van der Waals surface area contributed by atoms with E-state index < -0.39 is 11.3 Å². The van der Waals surface area contributed by atoms with E-state index in [-0.39, 0.29) is 28.5 Å². The van der Waals surface area contributed by atoms with Crippen molar-refractivity contribution in [1.29, 1.82) is 0 Å². The molecule has 2 amide bonds. The molecule has 0 atom stereocenters. The highest BCUT2D eigenvalue weighted by Crippen LogP contribution is 2.40. The molecule has 2 aliphatic carbocycles. The van der Waals surface area contributed by atoms with Crippen LogP contribution >= 0.6 is 0 Å². The van der Waals surface area contributed by atoms with Gasteiger partial charge in [-0.05, 0) is 31.2 Å². The van der Waals surface area contributed by atoms with Crippen molar-refractivity contribution in [2.75, 3.05) is 27.3 Å². The highest BCUT2D eigenvalue weighted by atomic mass is 16.5. The van der Waals surface area contributed by atoms with Gasteiger partial charge in [0.25, 0.3) is 11.8 Å². The summed E-state index contributed by atoms with van der Waals surface area (Å²) in [5.41, 5.74) is 0.647. The fourth-order valence-corrected chi connectivity index (χ4v) is 5.85. The van der Waals surface area contributed by atoms with Gasteiger partial charge in [0, 0.05) is 51.1 Å². The highest BCUT2D eigenvalue weighted by molar-refractivity contribution is 5.99. The molecule has 1 heterocycles. The number of hydrogen-bond acceptors (Lipinski definition) is 4. The number of nitrogens with zero attached hydrogens (tertiary/aromatic N) is 2. The van der Waals surface area contributed by atoms with Crippen molar-refractivity contribution < 1.29 is 14.3 Å². The lowest BCUT2D eigenvalue weighted by Crippen LogP contribution is -2.43. The second-order valence-electron chi connectivity index (χ2n) is 10.4. The molecule has 2 aromatic rings. The molecular weight excluding hydrogens is 454 g/mol. The summed E-state index contributed by atoms with van der Waals surface area (Å²) in [4.78, 5) is 42.0. The van der Waals surface area contributed by atoms with Gasteiger partial charge in [-0.2, -0.15) is 0 Å². The lowest BCUT2D eigenvalue weighted by atomic mass is 9.79. The van der Waals surface area contributed by atoms with E-state index >= 15 is 0 Å². The van der Waals surface area contributed by atoms with E-state index in [2.05, 4.69) is 17.4 Å². The molecule has 0 unspecified atom stereocenters. The van der Waals surface area contributed by atoms with Gasteiger partial charge in [-0.3, -0.25) is 14.4 Å². The van der Waals surface area contributed by atoms with Gasteiger partial charge in [-0.25, -0.2) is 0 Å². The number of methoxy groups -OCH3 is 1. The number of carbonyl (C=O) groups excluding carboxylic acids is 2. The van der Waals surface area contributed by atoms with Crippen LogP contribution in [-0.4, -0.2) is 54.6 Å². The van der Waals surface area contributed by atoms with Crippen LogP contribution in [0.25, 0.3) is 0 Å². The average molecular weight is 494 g/mol. The lowest BCUT2D eigenvalue weighted by Gasteiger charge is -2.31. The summed E-state index contributed by atoms with van der Waals surface area (Å²) in [5, 5.41) is 3.05. The molecular formula is C29H39N3O4. The Morgan fingerprint density at radius 2 is 1.69 bits per heavy atom. The van der Waals surface area contributed by atoms with Crippen LogP contribution in [0.5, 0.6) is 0 Å². The number of rotatable bonds is 9. The van der Waals surface area contributed by atoms with Crippen molar-refractivity contribution in [1.82, 2.24) is 14.8 Å². The van der Waals surface area contributed by atoms with Crippen LogP contribution in [-0.2, 0) is 16.7 Å². The van der Waals surface area contributed by atoms with E-state index in [0.29, 0.717) is 19.7 Å². The zero-order valence-corrected chi connectivity index (χ0v) is 21.6. The number of amides is 2. The second kappa shape index (κ2) is 11.9. The quantitative estimate of drug-likeness (QED) is 0.569. The van der Waals surface area contributed by atoms with Crippen LogP contribution in [0.15, 0.2) is 47.5 Å². The molecule has 0 aliphatic heterocycles. The monoisotopic (exact) mass is 493 g/mol. The van der Waals surface area contributed by atoms with Gasteiger partial charge in [-0.15, -0.1) is 0 Å². The normalized spacial score (nSPS) is 17.6. The molecule has 0 bridgehead atoms. The van der Waals surface area contributed by atoms with Crippen molar-refractivity contribution in [2.45, 2.75) is 75.8 Å². The molecule has 0 radical (unpaired) electrons. The molecule has 7 nitrogen and oxygen atoms in total. The molecule has 36 heavy (non-hydrogen) atoms. The maximum absolute atomic E-state index is 13.5. The van der Waals surface area contributed by atoms with Gasteiger partial charge in [-0.1, -0.05) is 62.4 Å². The first-order chi connectivity index (χ1) is 17.4. The Labute approximate surface area is 213 Å². The molecule has 7 heteroatoms. The van der Waals surface area contributed by atoms with Crippen molar-refractivity contribution >= 4 is 11.8 Å². The van der Waals surface area contributed by atoms with Crippen molar-refractivity contribution in [3.05, 3.63) is 69.6 Å².